The maximum atomic E-state index is 10.2. The molecule has 0 spiro atoms. The van der Waals surface area contributed by atoms with E-state index >= 15 is 0 Å². The van der Waals surface area contributed by atoms with Crippen molar-refractivity contribution in [2.45, 2.75) is 0 Å². The molecule has 0 unspecified atom stereocenters. The van der Waals surface area contributed by atoms with E-state index < -0.39 is 5.97 Å². The van der Waals surface area contributed by atoms with Crippen LogP contribution in [-0.2, 0) is 4.74 Å². The predicted octanol–water partition coefficient (Wildman–Crippen LogP) is 2.16. The number of hydrogen-bond acceptors (Lipinski definition) is 2. The highest BCUT2D eigenvalue weighted by molar-refractivity contribution is 5.87. The second kappa shape index (κ2) is 6.91. The molecule has 0 aliphatic rings. The predicted molar refractivity (Wildman–Crippen MR) is 50.6 cm³/mol. The summed E-state index contributed by atoms with van der Waals surface area (Å²) in [6, 6.07) is 8.30. The monoisotopic (exact) mass is 180 g/mol. The largest absolute Gasteiger partial charge is 0.505 e. The van der Waals surface area contributed by atoms with Crippen LogP contribution >= 0.6 is 0 Å². The van der Waals surface area contributed by atoms with Crippen molar-refractivity contribution in [3.8, 4) is 0 Å². The van der Waals surface area contributed by atoms with Gasteiger partial charge in [-0.2, -0.15) is 0 Å². The lowest BCUT2D eigenvalue weighted by atomic mass is 10.2. The zero-order chi connectivity index (χ0) is 10.1. The quantitative estimate of drug-likeness (QED) is 0.709. The van der Waals surface area contributed by atoms with Gasteiger partial charge in [-0.25, -0.2) is 4.79 Å². The lowest BCUT2D eigenvalue weighted by Crippen LogP contribution is -1.93. The molecule has 1 N–H and O–H groups in total. The van der Waals surface area contributed by atoms with Gasteiger partial charge in [0.25, 0.3) is 0 Å². The first-order chi connectivity index (χ1) is 6.22. The van der Waals surface area contributed by atoms with E-state index in [0.717, 1.165) is 0 Å². The summed E-state index contributed by atoms with van der Waals surface area (Å²) >= 11 is 0. The van der Waals surface area contributed by atoms with Crippen LogP contribution in [0, 0.1) is 0 Å². The Morgan fingerprint density at radius 3 is 2.15 bits per heavy atom. The first-order valence-corrected chi connectivity index (χ1v) is 3.64. The molecule has 0 saturated carbocycles. The van der Waals surface area contributed by atoms with E-state index in [-0.39, 0.29) is 0 Å². The van der Waals surface area contributed by atoms with Crippen LogP contribution in [0.3, 0.4) is 0 Å². The van der Waals surface area contributed by atoms with Crippen molar-refractivity contribution in [3.05, 3.63) is 48.7 Å². The summed E-state index contributed by atoms with van der Waals surface area (Å²) in [6.07, 6.45) is 1.38. The van der Waals surface area contributed by atoms with E-state index in [1.807, 2.05) is 0 Å². The number of aromatic carboxylic acids is 1. The second-order valence-electron chi connectivity index (χ2n) is 2.07. The Bertz CT molecular complexity index is 254. The number of methoxy groups -OCH3 is 1. The molecule has 1 aromatic carbocycles. The zero-order valence-corrected chi connectivity index (χ0v) is 7.43. The van der Waals surface area contributed by atoms with Crippen molar-refractivity contribution < 1.29 is 14.6 Å². The molecule has 0 fully saturated rings. The van der Waals surface area contributed by atoms with Gasteiger partial charge in [-0.1, -0.05) is 24.8 Å². The molecule has 0 amide bonds. The van der Waals surface area contributed by atoms with Crippen LogP contribution in [0.4, 0.5) is 0 Å². The Morgan fingerprint density at radius 2 is 1.92 bits per heavy atom. The summed E-state index contributed by atoms with van der Waals surface area (Å²) in [4.78, 5) is 10.2. The first-order valence-electron chi connectivity index (χ1n) is 3.64. The third-order valence-corrected chi connectivity index (χ3v) is 1.19. The minimum atomic E-state index is -0.879. The Hall–Kier alpha value is -1.77. The normalized spacial score (nSPS) is 7.77. The summed E-state index contributed by atoms with van der Waals surface area (Å²) in [5.41, 5.74) is 0.331. The summed E-state index contributed by atoms with van der Waals surface area (Å²) in [5, 5.41) is 8.38. The van der Waals surface area contributed by atoms with E-state index in [4.69, 9.17) is 5.11 Å². The summed E-state index contributed by atoms with van der Waals surface area (Å²) in [7, 11) is 1.56. The smallest absolute Gasteiger partial charge is 0.335 e. The van der Waals surface area contributed by atoms with Gasteiger partial charge in [-0.15, -0.1) is 0 Å². The van der Waals surface area contributed by atoms with Gasteiger partial charge < -0.3 is 9.84 Å². The molecule has 0 aliphatic heterocycles. The number of rotatable bonds is 2. The second-order valence-corrected chi connectivity index (χ2v) is 2.07. The van der Waals surface area contributed by atoms with Crippen LogP contribution in [-0.4, -0.2) is 18.2 Å². The Morgan fingerprint density at radius 1 is 1.46 bits per heavy atom. The van der Waals surface area contributed by atoms with Crippen LogP contribution in [0.5, 0.6) is 0 Å². The van der Waals surface area contributed by atoms with E-state index in [1.54, 1.807) is 37.4 Å². The first kappa shape index (κ1) is 11.2. The highest BCUT2D eigenvalue weighted by Crippen LogP contribution is 1.96. The molecule has 0 aliphatic carbocycles. The van der Waals surface area contributed by atoms with Gasteiger partial charge in [0.1, 0.15) is 0 Å². The number of ether oxygens (including phenoxy) is 1. The lowest BCUT2D eigenvalue weighted by molar-refractivity contribution is 0.0697. The van der Waals surface area contributed by atoms with Crippen LogP contribution in [0.1, 0.15) is 10.4 Å². The van der Waals surface area contributed by atoms with E-state index in [1.165, 1.54) is 6.26 Å². The van der Waals surface area contributed by atoms with Crippen molar-refractivity contribution in [3.63, 3.8) is 0 Å². The van der Waals surface area contributed by atoms with Crippen molar-refractivity contribution in [2.24, 2.45) is 0 Å². The zero-order valence-electron chi connectivity index (χ0n) is 7.43. The number of carboxylic acid groups (broad SMARTS) is 1. The Labute approximate surface area is 77.3 Å². The molecule has 0 aromatic heterocycles. The third kappa shape index (κ3) is 5.49. The molecule has 0 bridgehead atoms. The van der Waals surface area contributed by atoms with Crippen LogP contribution in [0.2, 0.25) is 0 Å². The molecule has 3 nitrogen and oxygen atoms in total. The van der Waals surface area contributed by atoms with Gasteiger partial charge >= 0.3 is 5.97 Å². The third-order valence-electron chi connectivity index (χ3n) is 1.19. The highest BCUT2D eigenvalue weighted by Gasteiger charge is 1.96. The molecule has 13 heavy (non-hydrogen) atoms. The minimum Gasteiger partial charge on any atom is -0.505 e. The summed E-state index contributed by atoms with van der Waals surface area (Å²) in [6.45, 7) is 3.26. The van der Waals surface area contributed by atoms with Gasteiger partial charge in [0.05, 0.1) is 18.9 Å². The SMILES string of the molecule is C=COC.O=C(O)c1ccccc1. The van der Waals surface area contributed by atoms with E-state index in [9.17, 15) is 4.79 Å². The molecule has 1 aromatic rings. The van der Waals surface area contributed by atoms with Crippen molar-refractivity contribution in [1.29, 1.82) is 0 Å². The van der Waals surface area contributed by atoms with Crippen molar-refractivity contribution in [2.75, 3.05) is 7.11 Å². The summed E-state index contributed by atoms with van der Waals surface area (Å²) < 4.78 is 4.31. The van der Waals surface area contributed by atoms with Crippen molar-refractivity contribution >= 4 is 5.97 Å². The topological polar surface area (TPSA) is 46.5 Å². The maximum absolute atomic E-state index is 10.2. The lowest BCUT2D eigenvalue weighted by Gasteiger charge is -1.88. The molecule has 0 heterocycles. The minimum absolute atomic E-state index is 0.331. The van der Waals surface area contributed by atoms with Crippen LogP contribution in [0.25, 0.3) is 0 Å². The fourth-order valence-corrected chi connectivity index (χ4v) is 0.581. The maximum Gasteiger partial charge on any atom is 0.335 e. The van der Waals surface area contributed by atoms with E-state index in [0.29, 0.717) is 5.56 Å². The van der Waals surface area contributed by atoms with Gasteiger partial charge in [0.2, 0.25) is 0 Å². The number of benzene rings is 1. The van der Waals surface area contributed by atoms with Gasteiger partial charge in [-0.3, -0.25) is 0 Å². The molecule has 0 atom stereocenters. The summed E-state index contributed by atoms with van der Waals surface area (Å²) in [5.74, 6) is -0.879. The molecule has 0 radical (unpaired) electrons. The number of hydrogen-bond donors (Lipinski definition) is 1. The molecular formula is C10H12O3. The molecule has 1 rings (SSSR count). The molecule has 0 saturated heterocycles. The van der Waals surface area contributed by atoms with Crippen LogP contribution in [0.15, 0.2) is 43.2 Å². The standard InChI is InChI=1S/C7H6O2.C3H6O/c8-7(9)6-4-2-1-3-5-6;1-3-4-2/h1-5H,(H,8,9);3H,1H2,2H3. The number of carboxylic acids is 1. The average molecular weight is 180 g/mol. The fourth-order valence-electron chi connectivity index (χ4n) is 0.581. The van der Waals surface area contributed by atoms with E-state index in [2.05, 4.69) is 11.3 Å². The Balaban J connectivity index is 0.000000310. The molecular weight excluding hydrogens is 168 g/mol. The molecule has 3 heteroatoms. The number of carbonyl (C=O) groups is 1. The fraction of sp³-hybridized carbons (Fsp3) is 0.100. The average Bonchev–Trinajstić information content (AvgIpc) is 2.19. The highest BCUT2D eigenvalue weighted by atomic mass is 16.5. The van der Waals surface area contributed by atoms with Crippen LogP contribution < -0.4 is 0 Å². The van der Waals surface area contributed by atoms with Gasteiger partial charge in [0, 0.05) is 0 Å². The molecule has 70 valence electrons. The van der Waals surface area contributed by atoms with Gasteiger partial charge in [0.15, 0.2) is 0 Å². The Kier molecular flexibility index (Phi) is 5.97. The van der Waals surface area contributed by atoms with Crippen molar-refractivity contribution in [1.82, 2.24) is 0 Å². The van der Waals surface area contributed by atoms with Gasteiger partial charge in [-0.05, 0) is 12.1 Å².